The number of fused-ring (bicyclic) bond motifs is 1. The topological polar surface area (TPSA) is 9.23 Å². The molecule has 2 aliphatic rings. The number of hydrogen-bond acceptors (Lipinski definition) is 1. The SMILES string of the molecule is C=C(C)CC/C=C/C[C@@H]1C[C@H]2[C@H](CCC(=C)C)[C@@]2(CCCC)C=C1OCC. The molecule has 27 heavy (non-hydrogen) atoms. The molecule has 1 nitrogen and oxygen atoms in total. The van der Waals surface area contributed by atoms with Gasteiger partial charge in [-0.1, -0.05) is 43.1 Å². The van der Waals surface area contributed by atoms with E-state index in [0.717, 1.165) is 37.7 Å². The summed E-state index contributed by atoms with van der Waals surface area (Å²) >= 11 is 0. The maximum Gasteiger partial charge on any atom is 0.0959 e. The molecular formula is C26H42O. The van der Waals surface area contributed by atoms with Crippen LogP contribution in [0.25, 0.3) is 0 Å². The minimum atomic E-state index is 0.427. The zero-order valence-corrected chi connectivity index (χ0v) is 18.4. The van der Waals surface area contributed by atoms with Gasteiger partial charge in [0.2, 0.25) is 0 Å². The number of unbranched alkanes of at least 4 members (excludes halogenated alkanes) is 1. The van der Waals surface area contributed by atoms with E-state index in [1.54, 1.807) is 0 Å². The van der Waals surface area contributed by atoms with E-state index >= 15 is 0 Å². The largest absolute Gasteiger partial charge is 0.498 e. The highest BCUT2D eigenvalue weighted by molar-refractivity contribution is 5.28. The van der Waals surface area contributed by atoms with Crippen molar-refractivity contribution in [2.75, 3.05) is 6.61 Å². The number of rotatable bonds is 13. The summed E-state index contributed by atoms with van der Waals surface area (Å²) in [6, 6.07) is 0. The molecule has 0 aromatic carbocycles. The highest BCUT2D eigenvalue weighted by Crippen LogP contribution is 2.70. The van der Waals surface area contributed by atoms with Crippen molar-refractivity contribution >= 4 is 0 Å². The first-order valence-electron chi connectivity index (χ1n) is 11.2. The zero-order chi connectivity index (χ0) is 19.9. The normalized spacial score (nSPS) is 29.3. The molecule has 2 aliphatic carbocycles. The van der Waals surface area contributed by atoms with Gasteiger partial charge < -0.3 is 4.74 Å². The average Bonchev–Trinajstić information content (AvgIpc) is 3.23. The van der Waals surface area contributed by atoms with Crippen LogP contribution in [0.15, 0.2) is 48.3 Å². The van der Waals surface area contributed by atoms with Crippen LogP contribution in [0.1, 0.15) is 85.5 Å². The molecule has 0 aromatic heterocycles. The van der Waals surface area contributed by atoms with Crippen molar-refractivity contribution in [2.24, 2.45) is 23.2 Å². The van der Waals surface area contributed by atoms with Gasteiger partial charge in [0.1, 0.15) is 0 Å². The van der Waals surface area contributed by atoms with E-state index in [0.29, 0.717) is 11.3 Å². The van der Waals surface area contributed by atoms with Gasteiger partial charge in [-0.3, -0.25) is 0 Å². The van der Waals surface area contributed by atoms with Crippen LogP contribution in [0, 0.1) is 23.2 Å². The quantitative estimate of drug-likeness (QED) is 0.298. The predicted octanol–water partition coefficient (Wildman–Crippen LogP) is 8.01. The van der Waals surface area contributed by atoms with Crippen molar-refractivity contribution in [3.05, 3.63) is 48.3 Å². The molecule has 0 unspecified atom stereocenters. The molecular weight excluding hydrogens is 328 g/mol. The lowest BCUT2D eigenvalue weighted by molar-refractivity contribution is 0.168. The Morgan fingerprint density at radius 1 is 1.19 bits per heavy atom. The van der Waals surface area contributed by atoms with E-state index in [2.05, 4.69) is 59.1 Å². The van der Waals surface area contributed by atoms with Crippen molar-refractivity contribution in [2.45, 2.75) is 85.5 Å². The third-order valence-electron chi connectivity index (χ3n) is 6.59. The Labute approximate surface area is 168 Å². The Hall–Kier alpha value is -1.24. The Kier molecular flexibility index (Phi) is 8.45. The summed E-state index contributed by atoms with van der Waals surface area (Å²) in [6.45, 7) is 17.6. The van der Waals surface area contributed by atoms with Gasteiger partial charge in [-0.15, -0.1) is 13.2 Å². The van der Waals surface area contributed by atoms with Gasteiger partial charge in [-0.2, -0.15) is 0 Å². The Bertz CT molecular complexity index is 567. The zero-order valence-electron chi connectivity index (χ0n) is 18.4. The third kappa shape index (κ3) is 5.87. The van der Waals surface area contributed by atoms with Crippen LogP contribution < -0.4 is 0 Å². The fourth-order valence-electron chi connectivity index (χ4n) is 5.08. The molecule has 0 aliphatic heterocycles. The van der Waals surface area contributed by atoms with E-state index in [-0.39, 0.29) is 0 Å². The van der Waals surface area contributed by atoms with Crippen LogP contribution in [-0.4, -0.2) is 6.61 Å². The van der Waals surface area contributed by atoms with Crippen LogP contribution in [0.2, 0.25) is 0 Å². The summed E-state index contributed by atoms with van der Waals surface area (Å²) in [6.07, 6.45) is 18.4. The molecule has 0 aromatic rings. The highest BCUT2D eigenvalue weighted by Gasteiger charge is 2.63. The van der Waals surface area contributed by atoms with Gasteiger partial charge in [0.15, 0.2) is 0 Å². The van der Waals surface area contributed by atoms with E-state index in [1.165, 1.54) is 55.4 Å². The molecule has 2 rings (SSSR count). The summed E-state index contributed by atoms with van der Waals surface area (Å²) < 4.78 is 6.16. The maximum atomic E-state index is 6.16. The van der Waals surface area contributed by atoms with Crippen LogP contribution in [-0.2, 0) is 4.74 Å². The summed E-state index contributed by atoms with van der Waals surface area (Å²) in [4.78, 5) is 0. The number of ether oxygens (including phenoxy) is 1. The number of hydrogen-bond donors (Lipinski definition) is 0. The fourth-order valence-corrected chi connectivity index (χ4v) is 5.08. The van der Waals surface area contributed by atoms with Crippen LogP contribution >= 0.6 is 0 Å². The summed E-state index contributed by atoms with van der Waals surface area (Å²) in [5, 5.41) is 0. The molecule has 152 valence electrons. The molecule has 0 amide bonds. The molecule has 4 atom stereocenters. The van der Waals surface area contributed by atoms with Gasteiger partial charge in [0.05, 0.1) is 12.4 Å². The lowest BCUT2D eigenvalue weighted by Crippen LogP contribution is -2.18. The monoisotopic (exact) mass is 370 g/mol. The minimum absolute atomic E-state index is 0.427. The van der Waals surface area contributed by atoms with Crippen LogP contribution in [0.5, 0.6) is 0 Å². The highest BCUT2D eigenvalue weighted by atomic mass is 16.5. The van der Waals surface area contributed by atoms with Gasteiger partial charge in [-0.05, 0) is 89.0 Å². The lowest BCUT2D eigenvalue weighted by atomic mass is 9.82. The summed E-state index contributed by atoms with van der Waals surface area (Å²) in [5.41, 5.74) is 3.03. The van der Waals surface area contributed by atoms with Crippen molar-refractivity contribution < 1.29 is 4.74 Å². The standard InChI is InChI=1S/C26H42O/c1-7-9-17-26-19-25(27-8-2)22(14-12-10-11-13-20(3)4)18-24(26)23(26)16-15-21(5)6/h10,12,19,22-24H,3,5,7-9,11,13-18H2,1-2,4,6H3/b12-10+/t22-,23+,24+,26-/m1/s1. The first-order valence-corrected chi connectivity index (χ1v) is 11.2. The van der Waals surface area contributed by atoms with E-state index in [1.807, 2.05) is 0 Å². The lowest BCUT2D eigenvalue weighted by Gasteiger charge is -2.27. The molecule has 0 spiro atoms. The maximum absolute atomic E-state index is 6.16. The van der Waals surface area contributed by atoms with Gasteiger partial charge in [0, 0.05) is 5.92 Å². The Morgan fingerprint density at radius 2 is 1.93 bits per heavy atom. The molecule has 0 bridgehead atoms. The van der Waals surface area contributed by atoms with Crippen molar-refractivity contribution in [3.63, 3.8) is 0 Å². The van der Waals surface area contributed by atoms with Crippen molar-refractivity contribution in [3.8, 4) is 0 Å². The minimum Gasteiger partial charge on any atom is -0.498 e. The van der Waals surface area contributed by atoms with E-state index in [9.17, 15) is 0 Å². The fraction of sp³-hybridized carbons (Fsp3) is 0.692. The van der Waals surface area contributed by atoms with Crippen LogP contribution in [0.3, 0.4) is 0 Å². The molecule has 1 heteroatoms. The molecule has 0 heterocycles. The Balaban J connectivity index is 2.06. The summed E-state index contributed by atoms with van der Waals surface area (Å²) in [5.74, 6) is 3.56. The molecule has 0 saturated heterocycles. The number of allylic oxidation sites excluding steroid dienone is 6. The second-order valence-electron chi connectivity index (χ2n) is 9.04. The third-order valence-corrected chi connectivity index (χ3v) is 6.59. The van der Waals surface area contributed by atoms with Crippen molar-refractivity contribution in [1.29, 1.82) is 0 Å². The van der Waals surface area contributed by atoms with E-state index < -0.39 is 0 Å². The van der Waals surface area contributed by atoms with Gasteiger partial charge in [0.25, 0.3) is 0 Å². The Morgan fingerprint density at radius 3 is 2.56 bits per heavy atom. The molecule has 0 N–H and O–H groups in total. The molecule has 1 saturated carbocycles. The predicted molar refractivity (Wildman–Crippen MR) is 119 cm³/mol. The second kappa shape index (κ2) is 10.3. The van der Waals surface area contributed by atoms with E-state index in [4.69, 9.17) is 4.74 Å². The molecule has 1 fully saturated rings. The smallest absolute Gasteiger partial charge is 0.0959 e. The van der Waals surface area contributed by atoms with Crippen LogP contribution in [0.4, 0.5) is 0 Å². The van der Waals surface area contributed by atoms with Gasteiger partial charge >= 0.3 is 0 Å². The first-order chi connectivity index (χ1) is 12.9. The summed E-state index contributed by atoms with van der Waals surface area (Å²) in [7, 11) is 0. The van der Waals surface area contributed by atoms with Gasteiger partial charge in [-0.25, -0.2) is 0 Å². The first kappa shape index (κ1) is 22.1. The van der Waals surface area contributed by atoms with Crippen molar-refractivity contribution in [1.82, 2.24) is 0 Å². The average molecular weight is 371 g/mol. The second-order valence-corrected chi connectivity index (χ2v) is 9.04. The molecule has 0 radical (unpaired) electrons.